The summed E-state index contributed by atoms with van der Waals surface area (Å²) in [4.78, 5) is 12.0. The summed E-state index contributed by atoms with van der Waals surface area (Å²) in [5, 5.41) is 6.27. The smallest absolute Gasteiger partial charge is 0.251 e. The summed E-state index contributed by atoms with van der Waals surface area (Å²) in [5.74, 6) is 0.0266. The number of aryl methyl sites for hydroxylation is 1. The Hall–Kier alpha value is -0.580. The van der Waals surface area contributed by atoms with Crippen LogP contribution in [0.5, 0.6) is 0 Å². The molecule has 17 heavy (non-hydrogen) atoms. The third-order valence-corrected chi connectivity index (χ3v) is 3.32. The molecule has 0 spiro atoms. The first-order chi connectivity index (χ1) is 7.66. The Kier molecular flexibility index (Phi) is 5.43. The van der Waals surface area contributed by atoms with E-state index in [9.17, 15) is 4.79 Å². The molecule has 1 aliphatic heterocycles. The highest BCUT2D eigenvalue weighted by atomic mass is 79.9. The molecule has 1 saturated heterocycles. The molecule has 0 radical (unpaired) electrons. The molecule has 94 valence electrons. The number of nitrogens with one attached hydrogen (secondary N) is 2. The maximum absolute atomic E-state index is 12.0. The minimum Gasteiger partial charge on any atom is -0.348 e. The zero-order valence-electron chi connectivity index (χ0n) is 9.63. The van der Waals surface area contributed by atoms with Crippen molar-refractivity contribution in [3.05, 3.63) is 33.8 Å². The molecule has 1 aromatic rings. The van der Waals surface area contributed by atoms with Gasteiger partial charge in [0.05, 0.1) is 0 Å². The monoisotopic (exact) mass is 318 g/mol. The van der Waals surface area contributed by atoms with Crippen molar-refractivity contribution in [2.75, 3.05) is 13.1 Å². The van der Waals surface area contributed by atoms with Crippen LogP contribution in [0.3, 0.4) is 0 Å². The Balaban J connectivity index is 0.00000144. The number of rotatable bonds is 2. The lowest BCUT2D eigenvalue weighted by Crippen LogP contribution is -2.36. The van der Waals surface area contributed by atoms with Gasteiger partial charge in [0.2, 0.25) is 0 Å². The average Bonchev–Trinajstić information content (AvgIpc) is 2.70. The fraction of sp³-hybridized carbons (Fsp3) is 0.417. The number of benzene rings is 1. The minimum absolute atomic E-state index is 0. The Labute approximate surface area is 116 Å². The SMILES string of the molecule is Cc1cc(Br)ccc1C(=O)NC1CCNC1.Cl. The summed E-state index contributed by atoms with van der Waals surface area (Å²) >= 11 is 3.39. The van der Waals surface area contributed by atoms with Gasteiger partial charge in [0.15, 0.2) is 0 Å². The Morgan fingerprint density at radius 2 is 2.29 bits per heavy atom. The average molecular weight is 320 g/mol. The van der Waals surface area contributed by atoms with Gasteiger partial charge >= 0.3 is 0 Å². The van der Waals surface area contributed by atoms with Crippen LogP contribution in [0.2, 0.25) is 0 Å². The van der Waals surface area contributed by atoms with Crippen molar-refractivity contribution in [3.63, 3.8) is 0 Å². The summed E-state index contributed by atoms with van der Waals surface area (Å²) in [7, 11) is 0. The molecule has 1 fully saturated rings. The molecule has 1 aromatic carbocycles. The molecule has 0 aliphatic carbocycles. The largest absolute Gasteiger partial charge is 0.348 e. The lowest BCUT2D eigenvalue weighted by molar-refractivity contribution is 0.0939. The normalized spacial score (nSPS) is 18.6. The first-order valence-corrected chi connectivity index (χ1v) is 6.24. The number of hydrogen-bond donors (Lipinski definition) is 2. The van der Waals surface area contributed by atoms with Gasteiger partial charge in [-0.3, -0.25) is 4.79 Å². The number of carbonyl (C=O) groups excluding carboxylic acids is 1. The summed E-state index contributed by atoms with van der Waals surface area (Å²) in [6, 6.07) is 5.99. The zero-order chi connectivity index (χ0) is 11.5. The van der Waals surface area contributed by atoms with Crippen LogP contribution in [0.1, 0.15) is 22.3 Å². The fourth-order valence-corrected chi connectivity index (χ4v) is 2.40. The molecule has 1 aliphatic rings. The van der Waals surface area contributed by atoms with E-state index >= 15 is 0 Å². The molecule has 1 amide bonds. The van der Waals surface area contributed by atoms with Crippen molar-refractivity contribution in [3.8, 4) is 0 Å². The van der Waals surface area contributed by atoms with Crippen LogP contribution in [0.15, 0.2) is 22.7 Å². The third-order valence-electron chi connectivity index (χ3n) is 2.83. The van der Waals surface area contributed by atoms with Gasteiger partial charge in [0, 0.05) is 22.6 Å². The van der Waals surface area contributed by atoms with Crippen LogP contribution in [-0.2, 0) is 0 Å². The maximum atomic E-state index is 12.0. The highest BCUT2D eigenvalue weighted by molar-refractivity contribution is 9.10. The highest BCUT2D eigenvalue weighted by Gasteiger charge is 2.18. The van der Waals surface area contributed by atoms with Crippen molar-refractivity contribution in [1.29, 1.82) is 0 Å². The van der Waals surface area contributed by atoms with Gasteiger partial charge in [0.25, 0.3) is 5.91 Å². The maximum Gasteiger partial charge on any atom is 0.251 e. The van der Waals surface area contributed by atoms with Crippen molar-refractivity contribution < 1.29 is 4.79 Å². The van der Waals surface area contributed by atoms with Gasteiger partial charge in [-0.2, -0.15) is 0 Å². The van der Waals surface area contributed by atoms with Crippen LogP contribution in [0.25, 0.3) is 0 Å². The second-order valence-electron chi connectivity index (χ2n) is 4.12. The Bertz CT molecular complexity index is 405. The molecule has 3 nitrogen and oxygen atoms in total. The lowest BCUT2D eigenvalue weighted by atomic mass is 10.1. The lowest BCUT2D eigenvalue weighted by Gasteiger charge is -2.12. The van der Waals surface area contributed by atoms with Gasteiger partial charge in [-0.25, -0.2) is 0 Å². The fourth-order valence-electron chi connectivity index (χ4n) is 1.92. The predicted octanol–water partition coefficient (Wildman–Crippen LogP) is 2.27. The third kappa shape index (κ3) is 3.69. The van der Waals surface area contributed by atoms with E-state index in [4.69, 9.17) is 0 Å². The number of halogens is 2. The van der Waals surface area contributed by atoms with Crippen molar-refractivity contribution in [1.82, 2.24) is 10.6 Å². The van der Waals surface area contributed by atoms with E-state index in [0.717, 1.165) is 35.1 Å². The van der Waals surface area contributed by atoms with Gasteiger partial charge in [0.1, 0.15) is 0 Å². The summed E-state index contributed by atoms with van der Waals surface area (Å²) < 4.78 is 1.00. The van der Waals surface area contributed by atoms with Gasteiger partial charge in [-0.05, 0) is 43.7 Å². The van der Waals surface area contributed by atoms with E-state index in [-0.39, 0.29) is 24.4 Å². The summed E-state index contributed by atoms with van der Waals surface area (Å²) in [5.41, 5.74) is 1.76. The Morgan fingerprint density at radius 3 is 2.88 bits per heavy atom. The molecule has 0 aromatic heterocycles. The number of carbonyl (C=O) groups is 1. The van der Waals surface area contributed by atoms with Crippen molar-refractivity contribution >= 4 is 34.2 Å². The Morgan fingerprint density at radius 1 is 1.53 bits per heavy atom. The van der Waals surface area contributed by atoms with E-state index < -0.39 is 0 Å². The molecule has 0 bridgehead atoms. The minimum atomic E-state index is 0. The van der Waals surface area contributed by atoms with Crippen molar-refractivity contribution in [2.24, 2.45) is 0 Å². The zero-order valence-corrected chi connectivity index (χ0v) is 12.0. The molecule has 1 atom stereocenters. The first-order valence-electron chi connectivity index (χ1n) is 5.44. The van der Waals surface area contributed by atoms with Gasteiger partial charge < -0.3 is 10.6 Å². The molecule has 2 N–H and O–H groups in total. The summed E-state index contributed by atoms with van der Waals surface area (Å²) in [6.45, 7) is 3.82. The second-order valence-corrected chi connectivity index (χ2v) is 5.04. The van der Waals surface area contributed by atoms with Gasteiger partial charge in [-0.15, -0.1) is 12.4 Å². The van der Waals surface area contributed by atoms with Crippen LogP contribution < -0.4 is 10.6 Å². The van der Waals surface area contributed by atoms with E-state index in [1.54, 1.807) is 0 Å². The summed E-state index contributed by atoms with van der Waals surface area (Å²) in [6.07, 6.45) is 1.02. The predicted molar refractivity (Wildman–Crippen MR) is 74.9 cm³/mol. The molecule has 1 heterocycles. The van der Waals surface area contributed by atoms with E-state index in [1.165, 1.54) is 0 Å². The molecular weight excluding hydrogens is 304 g/mol. The molecule has 2 rings (SSSR count). The van der Waals surface area contributed by atoms with Crippen LogP contribution in [0, 0.1) is 6.92 Å². The first kappa shape index (κ1) is 14.5. The molecule has 0 saturated carbocycles. The topological polar surface area (TPSA) is 41.1 Å². The highest BCUT2D eigenvalue weighted by Crippen LogP contribution is 2.16. The van der Waals surface area contributed by atoms with Crippen LogP contribution in [0.4, 0.5) is 0 Å². The quantitative estimate of drug-likeness (QED) is 0.878. The van der Waals surface area contributed by atoms with Crippen LogP contribution in [-0.4, -0.2) is 25.0 Å². The standard InChI is InChI=1S/C12H15BrN2O.ClH/c1-8-6-9(13)2-3-11(8)12(16)15-10-4-5-14-7-10;/h2-3,6,10,14H,4-5,7H2,1H3,(H,15,16);1H. The van der Waals surface area contributed by atoms with E-state index in [0.29, 0.717) is 0 Å². The van der Waals surface area contributed by atoms with Gasteiger partial charge in [-0.1, -0.05) is 15.9 Å². The number of amides is 1. The van der Waals surface area contributed by atoms with E-state index in [1.807, 2.05) is 25.1 Å². The second kappa shape index (κ2) is 6.38. The number of hydrogen-bond acceptors (Lipinski definition) is 2. The van der Waals surface area contributed by atoms with E-state index in [2.05, 4.69) is 26.6 Å². The van der Waals surface area contributed by atoms with Crippen molar-refractivity contribution in [2.45, 2.75) is 19.4 Å². The molecular formula is C12H16BrClN2O. The molecule has 5 heteroatoms. The van der Waals surface area contributed by atoms with Crippen LogP contribution >= 0.6 is 28.3 Å². The molecule has 1 unspecified atom stereocenters.